The first-order valence-corrected chi connectivity index (χ1v) is 16.9. The predicted octanol–water partition coefficient (Wildman–Crippen LogP) is 7.97. The third-order valence-electron chi connectivity index (χ3n) is 8.68. The van der Waals surface area contributed by atoms with E-state index in [2.05, 4.69) is 84.7 Å². The standard InChI is InChI=1S/C39H52N4O4/c1-8-43-36-20-19-32(31-17-13-16-30(23-31)15-11-9-10-12-22-41-42-28(3)44)24-34(36)35(25-39(5,6)26-47-29(4)45)38(43)33-18-14-21-40-37(33)27(2)46-7/h13-14,16-21,23-24,27,41H,8-12,15,22,25-26H2,1-7H3,(H,42,44). The quantitative estimate of drug-likeness (QED) is 0.0691. The Labute approximate surface area is 280 Å². The first-order valence-electron chi connectivity index (χ1n) is 16.9. The number of nitrogens with zero attached hydrogens (tertiary/aromatic N) is 2. The number of aryl methyl sites for hydroxylation is 2. The van der Waals surface area contributed by atoms with Gasteiger partial charge in [0.15, 0.2) is 0 Å². The van der Waals surface area contributed by atoms with E-state index in [1.54, 1.807) is 7.11 Å². The van der Waals surface area contributed by atoms with Gasteiger partial charge in [-0.3, -0.25) is 20.0 Å². The molecule has 0 saturated heterocycles. The number of unbranched alkanes of at least 4 members (excludes halogenated alkanes) is 3. The van der Waals surface area contributed by atoms with Gasteiger partial charge in [0.25, 0.3) is 0 Å². The summed E-state index contributed by atoms with van der Waals surface area (Å²) in [5, 5.41) is 1.20. The molecule has 252 valence electrons. The van der Waals surface area contributed by atoms with Gasteiger partial charge in [-0.2, -0.15) is 0 Å². The van der Waals surface area contributed by atoms with E-state index in [0.29, 0.717) is 6.61 Å². The summed E-state index contributed by atoms with van der Waals surface area (Å²) in [7, 11) is 1.72. The van der Waals surface area contributed by atoms with Gasteiger partial charge in [-0.05, 0) is 86.1 Å². The van der Waals surface area contributed by atoms with Gasteiger partial charge in [0.2, 0.25) is 5.91 Å². The molecule has 4 aromatic rings. The van der Waals surface area contributed by atoms with Crippen molar-refractivity contribution in [1.29, 1.82) is 0 Å². The number of aromatic nitrogens is 2. The second-order valence-electron chi connectivity index (χ2n) is 13.2. The maximum absolute atomic E-state index is 11.8. The van der Waals surface area contributed by atoms with E-state index in [-0.39, 0.29) is 23.4 Å². The Morgan fingerprint density at radius 3 is 2.47 bits per heavy atom. The van der Waals surface area contributed by atoms with Crippen LogP contribution in [0.1, 0.15) is 90.2 Å². The van der Waals surface area contributed by atoms with Crippen molar-refractivity contribution in [2.75, 3.05) is 20.3 Å². The number of fused-ring (bicyclic) bond motifs is 1. The number of ether oxygens (including phenoxy) is 2. The second kappa shape index (κ2) is 16.7. The number of hydrogen-bond donors (Lipinski definition) is 2. The van der Waals surface area contributed by atoms with Gasteiger partial charge < -0.3 is 14.0 Å². The number of esters is 1. The lowest BCUT2D eigenvalue weighted by molar-refractivity contribution is -0.143. The van der Waals surface area contributed by atoms with E-state index in [0.717, 1.165) is 68.6 Å². The maximum Gasteiger partial charge on any atom is 0.302 e. The number of amides is 1. The van der Waals surface area contributed by atoms with Crippen LogP contribution in [-0.2, 0) is 38.4 Å². The highest BCUT2D eigenvalue weighted by molar-refractivity contribution is 5.95. The number of rotatable bonds is 17. The molecule has 0 spiro atoms. The third-order valence-corrected chi connectivity index (χ3v) is 8.68. The van der Waals surface area contributed by atoms with Crippen molar-refractivity contribution in [2.45, 2.75) is 92.7 Å². The van der Waals surface area contributed by atoms with E-state index in [4.69, 9.17) is 14.5 Å². The molecule has 0 saturated carbocycles. The Bertz CT molecular complexity index is 1660. The van der Waals surface area contributed by atoms with Crippen molar-refractivity contribution >= 4 is 22.8 Å². The molecule has 0 radical (unpaired) electrons. The normalized spacial score (nSPS) is 12.3. The SMILES string of the molecule is CCn1c(-c2cccnc2C(C)OC)c(CC(C)(C)COC(C)=O)c2cc(-c3cccc(CCCCCCNNC(C)=O)c3)ccc21. The van der Waals surface area contributed by atoms with Crippen molar-refractivity contribution in [3.05, 3.63) is 77.6 Å². The lowest BCUT2D eigenvalue weighted by Crippen LogP contribution is -2.36. The van der Waals surface area contributed by atoms with Crippen LogP contribution in [0.15, 0.2) is 60.8 Å². The molecule has 0 bridgehead atoms. The van der Waals surface area contributed by atoms with E-state index in [9.17, 15) is 9.59 Å². The highest BCUT2D eigenvalue weighted by atomic mass is 16.5. The molecule has 1 atom stereocenters. The Morgan fingerprint density at radius 2 is 1.74 bits per heavy atom. The summed E-state index contributed by atoms with van der Waals surface area (Å²) in [6.07, 6.45) is 7.84. The van der Waals surface area contributed by atoms with Gasteiger partial charge in [-0.1, -0.05) is 57.0 Å². The molecule has 8 nitrogen and oxygen atoms in total. The van der Waals surface area contributed by atoms with Gasteiger partial charge in [0.05, 0.1) is 24.1 Å². The largest absolute Gasteiger partial charge is 0.465 e. The number of hydrazine groups is 1. The summed E-state index contributed by atoms with van der Waals surface area (Å²) in [5.74, 6) is -0.329. The van der Waals surface area contributed by atoms with Gasteiger partial charge in [-0.25, -0.2) is 5.43 Å². The number of carbonyl (C=O) groups is 2. The maximum atomic E-state index is 11.8. The summed E-state index contributed by atoms with van der Waals surface area (Å²) in [5.41, 5.74) is 14.5. The lowest BCUT2D eigenvalue weighted by Gasteiger charge is -2.25. The Morgan fingerprint density at radius 1 is 0.979 bits per heavy atom. The molecule has 2 aromatic carbocycles. The molecule has 0 aliphatic carbocycles. The van der Waals surface area contributed by atoms with Crippen molar-refractivity contribution < 1.29 is 19.1 Å². The highest BCUT2D eigenvalue weighted by Crippen LogP contribution is 2.41. The molecule has 2 heterocycles. The van der Waals surface area contributed by atoms with E-state index >= 15 is 0 Å². The lowest BCUT2D eigenvalue weighted by atomic mass is 9.84. The smallest absolute Gasteiger partial charge is 0.302 e. The molecular formula is C39H52N4O4. The third kappa shape index (κ3) is 9.52. The number of methoxy groups -OCH3 is 1. The second-order valence-corrected chi connectivity index (χ2v) is 13.2. The van der Waals surface area contributed by atoms with Crippen molar-refractivity contribution in [3.8, 4) is 22.4 Å². The van der Waals surface area contributed by atoms with Crippen LogP contribution in [0.3, 0.4) is 0 Å². The number of benzene rings is 2. The Balaban J connectivity index is 1.69. The minimum atomic E-state index is -0.293. The first kappa shape index (κ1) is 35.8. The van der Waals surface area contributed by atoms with Crippen molar-refractivity contribution in [1.82, 2.24) is 20.4 Å². The van der Waals surface area contributed by atoms with Crippen LogP contribution >= 0.6 is 0 Å². The van der Waals surface area contributed by atoms with Crippen LogP contribution in [-0.4, -0.2) is 41.7 Å². The number of carbonyl (C=O) groups excluding carboxylic acids is 2. The molecule has 4 rings (SSSR count). The summed E-state index contributed by atoms with van der Waals surface area (Å²) >= 11 is 0. The summed E-state index contributed by atoms with van der Waals surface area (Å²) in [6, 6.07) is 19.8. The topological polar surface area (TPSA) is 94.5 Å². The monoisotopic (exact) mass is 640 g/mol. The molecule has 8 heteroatoms. The number of hydrogen-bond acceptors (Lipinski definition) is 6. The fourth-order valence-electron chi connectivity index (χ4n) is 6.29. The molecule has 0 fully saturated rings. The average Bonchev–Trinajstić information content (AvgIpc) is 3.36. The number of pyridine rings is 1. The predicted molar refractivity (Wildman–Crippen MR) is 190 cm³/mol. The summed E-state index contributed by atoms with van der Waals surface area (Å²) < 4.78 is 13.7. The van der Waals surface area contributed by atoms with Gasteiger partial charge in [0, 0.05) is 62.1 Å². The zero-order valence-electron chi connectivity index (χ0n) is 29.2. The molecule has 1 unspecified atom stereocenters. The summed E-state index contributed by atoms with van der Waals surface area (Å²) in [4.78, 5) is 27.5. The molecule has 47 heavy (non-hydrogen) atoms. The molecule has 0 aliphatic rings. The first-order chi connectivity index (χ1) is 22.5. The summed E-state index contributed by atoms with van der Waals surface area (Å²) in [6.45, 7) is 13.4. The van der Waals surface area contributed by atoms with E-state index < -0.39 is 0 Å². The zero-order chi connectivity index (χ0) is 34.0. The van der Waals surface area contributed by atoms with Gasteiger partial charge in [0.1, 0.15) is 0 Å². The van der Waals surface area contributed by atoms with Crippen molar-refractivity contribution in [3.63, 3.8) is 0 Å². The zero-order valence-corrected chi connectivity index (χ0v) is 29.2. The fourth-order valence-corrected chi connectivity index (χ4v) is 6.29. The molecule has 0 aliphatic heterocycles. The van der Waals surface area contributed by atoms with Gasteiger partial charge >= 0.3 is 5.97 Å². The highest BCUT2D eigenvalue weighted by Gasteiger charge is 2.28. The van der Waals surface area contributed by atoms with Crippen LogP contribution in [0, 0.1) is 5.41 Å². The minimum Gasteiger partial charge on any atom is -0.465 e. The Hall–Kier alpha value is -4.01. The van der Waals surface area contributed by atoms with Crippen LogP contribution in [0.25, 0.3) is 33.3 Å². The van der Waals surface area contributed by atoms with Crippen LogP contribution in [0.4, 0.5) is 0 Å². The van der Waals surface area contributed by atoms with Gasteiger partial charge in [-0.15, -0.1) is 0 Å². The van der Waals surface area contributed by atoms with E-state index in [1.807, 2.05) is 19.2 Å². The molecule has 1 amide bonds. The van der Waals surface area contributed by atoms with Crippen LogP contribution in [0.2, 0.25) is 0 Å². The molecule has 2 aromatic heterocycles. The molecular weight excluding hydrogens is 588 g/mol. The van der Waals surface area contributed by atoms with E-state index in [1.165, 1.54) is 47.0 Å². The van der Waals surface area contributed by atoms with Crippen LogP contribution < -0.4 is 10.9 Å². The number of nitrogens with one attached hydrogen (secondary N) is 2. The van der Waals surface area contributed by atoms with Crippen molar-refractivity contribution in [2.24, 2.45) is 5.41 Å². The fraction of sp³-hybridized carbons (Fsp3) is 0.462. The Kier molecular flexibility index (Phi) is 12.7. The van der Waals surface area contributed by atoms with Crippen LogP contribution in [0.5, 0.6) is 0 Å². The minimum absolute atomic E-state index is 0.0638. The average molecular weight is 641 g/mol. The molecule has 2 N–H and O–H groups in total.